The lowest BCUT2D eigenvalue weighted by molar-refractivity contribution is 0.0542. The first-order valence-electron chi connectivity index (χ1n) is 4.79. The number of nitrogens with one attached hydrogen (secondary N) is 1. The number of hydrogen-bond donors (Lipinski definition) is 1. The van der Waals surface area contributed by atoms with Gasteiger partial charge in [0.05, 0.1) is 7.11 Å². The average molecular weight is 233 g/mol. The maximum absolute atomic E-state index is 11.7. The third kappa shape index (κ3) is 2.13. The molecule has 1 aromatic heterocycles. The van der Waals surface area contributed by atoms with Crippen molar-refractivity contribution in [3.05, 3.63) is 46.7 Å². The molecule has 1 aromatic carbocycles. The zero-order chi connectivity index (χ0) is 11.4. The van der Waals surface area contributed by atoms with Gasteiger partial charge in [0.2, 0.25) is 0 Å². The van der Waals surface area contributed by atoms with Crippen LogP contribution in [0.1, 0.15) is 9.67 Å². The highest BCUT2D eigenvalue weighted by Gasteiger charge is 2.13. The van der Waals surface area contributed by atoms with Crippen molar-refractivity contribution in [2.75, 3.05) is 7.11 Å². The molecule has 0 spiro atoms. The summed E-state index contributed by atoms with van der Waals surface area (Å²) < 4.78 is 0. The lowest BCUT2D eigenvalue weighted by atomic mass is 10.1. The third-order valence-electron chi connectivity index (χ3n) is 2.15. The molecule has 1 amide bonds. The molecule has 0 radical (unpaired) electrons. The Morgan fingerprint density at radius 3 is 2.69 bits per heavy atom. The van der Waals surface area contributed by atoms with Crippen molar-refractivity contribution in [1.82, 2.24) is 5.48 Å². The molecule has 1 heterocycles. The first kappa shape index (κ1) is 10.9. The number of benzene rings is 1. The summed E-state index contributed by atoms with van der Waals surface area (Å²) in [4.78, 5) is 17.0. The predicted molar refractivity (Wildman–Crippen MR) is 64.2 cm³/mol. The van der Waals surface area contributed by atoms with Crippen LogP contribution < -0.4 is 5.48 Å². The third-order valence-corrected chi connectivity index (χ3v) is 3.06. The lowest BCUT2D eigenvalue weighted by Crippen LogP contribution is -2.21. The molecule has 0 unspecified atom stereocenters. The number of carbonyl (C=O) groups excluding carboxylic acids is 1. The van der Waals surface area contributed by atoms with Gasteiger partial charge < -0.3 is 0 Å². The summed E-state index contributed by atoms with van der Waals surface area (Å²) in [6, 6.07) is 11.7. The molecule has 4 heteroatoms. The van der Waals surface area contributed by atoms with Crippen molar-refractivity contribution in [2.24, 2.45) is 0 Å². The van der Waals surface area contributed by atoms with Crippen molar-refractivity contribution in [2.45, 2.75) is 0 Å². The van der Waals surface area contributed by atoms with Gasteiger partial charge in [-0.25, -0.2) is 5.48 Å². The summed E-state index contributed by atoms with van der Waals surface area (Å²) >= 11 is 1.40. The molecule has 0 fully saturated rings. The Kier molecular flexibility index (Phi) is 3.34. The van der Waals surface area contributed by atoms with Crippen molar-refractivity contribution in [1.29, 1.82) is 0 Å². The molecular formula is C12H11NO2S. The second-order valence-corrected chi connectivity index (χ2v) is 4.08. The van der Waals surface area contributed by atoms with Gasteiger partial charge in [0, 0.05) is 5.56 Å². The van der Waals surface area contributed by atoms with Gasteiger partial charge in [0.1, 0.15) is 4.88 Å². The lowest BCUT2D eigenvalue weighted by Gasteiger charge is -2.03. The van der Waals surface area contributed by atoms with Crippen LogP contribution in [0.4, 0.5) is 0 Å². The molecule has 2 aromatic rings. The van der Waals surface area contributed by atoms with Crippen molar-refractivity contribution in [3.63, 3.8) is 0 Å². The van der Waals surface area contributed by atoms with Crippen LogP contribution in [0.25, 0.3) is 11.1 Å². The van der Waals surface area contributed by atoms with E-state index in [4.69, 9.17) is 0 Å². The Morgan fingerprint density at radius 1 is 1.25 bits per heavy atom. The summed E-state index contributed by atoms with van der Waals surface area (Å²) in [6.45, 7) is 0. The topological polar surface area (TPSA) is 38.3 Å². The van der Waals surface area contributed by atoms with E-state index < -0.39 is 0 Å². The maximum atomic E-state index is 11.7. The molecule has 0 atom stereocenters. The second-order valence-electron chi connectivity index (χ2n) is 3.16. The minimum absolute atomic E-state index is 0.212. The van der Waals surface area contributed by atoms with Crippen LogP contribution in [0.3, 0.4) is 0 Å². The molecule has 0 aliphatic carbocycles. The SMILES string of the molecule is CONC(=O)c1sccc1-c1ccccc1. The zero-order valence-corrected chi connectivity index (χ0v) is 9.58. The zero-order valence-electron chi connectivity index (χ0n) is 8.77. The van der Waals surface area contributed by atoms with Gasteiger partial charge >= 0.3 is 0 Å². The van der Waals surface area contributed by atoms with Crippen LogP contribution in [0.5, 0.6) is 0 Å². The Labute approximate surface area is 97.6 Å². The van der Waals surface area contributed by atoms with E-state index in [1.54, 1.807) is 0 Å². The normalized spacial score (nSPS) is 10.1. The first-order chi connectivity index (χ1) is 7.83. The van der Waals surface area contributed by atoms with Gasteiger partial charge in [-0.2, -0.15) is 0 Å². The Morgan fingerprint density at radius 2 is 2.00 bits per heavy atom. The minimum atomic E-state index is -0.212. The molecule has 0 aliphatic rings. The van der Waals surface area contributed by atoms with E-state index in [1.165, 1.54) is 18.4 Å². The van der Waals surface area contributed by atoms with Gasteiger partial charge in [0.25, 0.3) is 5.91 Å². The highest BCUT2D eigenvalue weighted by molar-refractivity contribution is 7.12. The van der Waals surface area contributed by atoms with Crippen LogP contribution >= 0.6 is 11.3 Å². The number of thiophene rings is 1. The fourth-order valence-electron chi connectivity index (χ4n) is 1.47. The molecule has 16 heavy (non-hydrogen) atoms. The standard InChI is InChI=1S/C12H11NO2S/c1-15-13-12(14)11-10(7-8-16-11)9-5-3-2-4-6-9/h2-8H,1H3,(H,13,14). The fourth-order valence-corrected chi connectivity index (χ4v) is 2.27. The van der Waals surface area contributed by atoms with E-state index in [0.717, 1.165) is 11.1 Å². The number of hydroxylamine groups is 1. The Hall–Kier alpha value is -1.65. The summed E-state index contributed by atoms with van der Waals surface area (Å²) in [5.74, 6) is -0.212. The average Bonchev–Trinajstić information content (AvgIpc) is 2.79. The van der Waals surface area contributed by atoms with Crippen LogP contribution in [-0.2, 0) is 4.84 Å². The van der Waals surface area contributed by atoms with Gasteiger partial charge in [-0.3, -0.25) is 9.63 Å². The van der Waals surface area contributed by atoms with Crippen LogP contribution in [-0.4, -0.2) is 13.0 Å². The maximum Gasteiger partial charge on any atom is 0.285 e. The largest absolute Gasteiger partial charge is 0.285 e. The molecule has 0 saturated carbocycles. The van der Waals surface area contributed by atoms with E-state index in [9.17, 15) is 4.79 Å². The van der Waals surface area contributed by atoms with Crippen LogP contribution in [0, 0.1) is 0 Å². The monoisotopic (exact) mass is 233 g/mol. The molecule has 2 rings (SSSR count). The van der Waals surface area contributed by atoms with E-state index in [-0.39, 0.29) is 5.91 Å². The number of rotatable bonds is 3. The molecule has 1 N–H and O–H groups in total. The second kappa shape index (κ2) is 4.92. The highest BCUT2D eigenvalue weighted by atomic mass is 32.1. The van der Waals surface area contributed by atoms with E-state index in [2.05, 4.69) is 10.3 Å². The summed E-state index contributed by atoms with van der Waals surface area (Å²) in [5, 5.41) is 1.90. The van der Waals surface area contributed by atoms with E-state index in [0.29, 0.717) is 4.88 Å². The number of hydrogen-bond acceptors (Lipinski definition) is 3. The van der Waals surface area contributed by atoms with Crippen molar-refractivity contribution >= 4 is 17.2 Å². The van der Waals surface area contributed by atoms with Gasteiger partial charge in [-0.15, -0.1) is 11.3 Å². The van der Waals surface area contributed by atoms with E-state index >= 15 is 0 Å². The fraction of sp³-hybridized carbons (Fsp3) is 0.0833. The molecule has 0 aliphatic heterocycles. The van der Waals surface area contributed by atoms with Gasteiger partial charge in [0.15, 0.2) is 0 Å². The van der Waals surface area contributed by atoms with Crippen molar-refractivity contribution in [3.8, 4) is 11.1 Å². The molecule has 0 bridgehead atoms. The molecule has 3 nitrogen and oxygen atoms in total. The molecule has 0 saturated heterocycles. The predicted octanol–water partition coefficient (Wildman–Crippen LogP) is 2.71. The van der Waals surface area contributed by atoms with Crippen molar-refractivity contribution < 1.29 is 9.63 Å². The first-order valence-corrected chi connectivity index (χ1v) is 5.67. The quantitative estimate of drug-likeness (QED) is 0.828. The van der Waals surface area contributed by atoms with E-state index in [1.807, 2.05) is 41.8 Å². The molecular weight excluding hydrogens is 222 g/mol. The summed E-state index contributed by atoms with van der Waals surface area (Å²) in [6.07, 6.45) is 0. The Bertz CT molecular complexity index is 479. The van der Waals surface area contributed by atoms with Gasteiger partial charge in [-0.1, -0.05) is 30.3 Å². The number of carbonyl (C=O) groups is 1. The minimum Gasteiger partial charge on any atom is -0.277 e. The summed E-state index contributed by atoms with van der Waals surface area (Å²) in [7, 11) is 1.42. The van der Waals surface area contributed by atoms with Crippen LogP contribution in [0.15, 0.2) is 41.8 Å². The van der Waals surface area contributed by atoms with Crippen LogP contribution in [0.2, 0.25) is 0 Å². The highest BCUT2D eigenvalue weighted by Crippen LogP contribution is 2.27. The molecule has 82 valence electrons. The number of amides is 1. The smallest absolute Gasteiger partial charge is 0.277 e. The summed E-state index contributed by atoms with van der Waals surface area (Å²) in [5.41, 5.74) is 4.29. The Balaban J connectivity index is 2.37. The van der Waals surface area contributed by atoms with Gasteiger partial charge in [-0.05, 0) is 17.0 Å².